The Morgan fingerprint density at radius 1 is 1.46 bits per heavy atom. The summed E-state index contributed by atoms with van der Waals surface area (Å²) in [5.41, 5.74) is 0.0988. The van der Waals surface area contributed by atoms with Crippen molar-refractivity contribution in [1.29, 1.82) is 0 Å². The van der Waals surface area contributed by atoms with E-state index in [1.807, 2.05) is 0 Å². The van der Waals surface area contributed by atoms with Crippen molar-refractivity contribution in [2.75, 3.05) is 0 Å². The molecule has 1 unspecified atom stereocenters. The maximum Gasteiger partial charge on any atom is 0.145 e. The Bertz CT molecular complexity index is 315. The number of aliphatic hydroxyl groups excluding tert-OH is 1. The first-order valence-electron chi connectivity index (χ1n) is 3.88. The van der Waals surface area contributed by atoms with E-state index >= 15 is 0 Å². The summed E-state index contributed by atoms with van der Waals surface area (Å²) in [5, 5.41) is 9.13. The van der Waals surface area contributed by atoms with Crippen molar-refractivity contribution in [3.05, 3.63) is 34.4 Å². The molecule has 0 amide bonds. The second kappa shape index (κ2) is 4.03. The molecule has 13 heavy (non-hydrogen) atoms. The van der Waals surface area contributed by atoms with Gasteiger partial charge in [-0.3, -0.25) is 0 Å². The first kappa shape index (κ1) is 10.4. The van der Waals surface area contributed by atoms with Crippen LogP contribution in [0.2, 0.25) is 5.02 Å². The Hall–Kier alpha value is -0.670. The van der Waals surface area contributed by atoms with Crippen LogP contribution in [0.15, 0.2) is 12.1 Å². The van der Waals surface area contributed by atoms with Crippen LogP contribution in [0.4, 0.5) is 8.78 Å². The van der Waals surface area contributed by atoms with E-state index in [0.29, 0.717) is 12.5 Å². The normalized spacial score (nSPS) is 13.0. The van der Waals surface area contributed by atoms with E-state index in [4.69, 9.17) is 11.6 Å². The van der Waals surface area contributed by atoms with Gasteiger partial charge in [-0.2, -0.15) is 0 Å². The molecule has 0 aliphatic rings. The molecule has 0 fully saturated rings. The molecule has 4 heteroatoms. The summed E-state index contributed by atoms with van der Waals surface area (Å²) >= 11 is 5.54. The lowest BCUT2D eigenvalue weighted by Crippen LogP contribution is -1.99. The number of benzene rings is 1. The molecule has 0 saturated heterocycles. The first-order chi connectivity index (χ1) is 6.06. The SMILES string of the molecule is CCC(O)c1cc(F)cc(F)c1Cl. The topological polar surface area (TPSA) is 20.2 Å². The molecule has 0 spiro atoms. The van der Waals surface area contributed by atoms with Gasteiger partial charge in [0.15, 0.2) is 0 Å². The predicted molar refractivity (Wildman–Crippen MR) is 46.6 cm³/mol. The molecule has 0 bridgehead atoms. The number of halogens is 3. The highest BCUT2D eigenvalue weighted by molar-refractivity contribution is 6.31. The van der Waals surface area contributed by atoms with Gasteiger partial charge in [-0.15, -0.1) is 0 Å². The molecule has 1 nitrogen and oxygen atoms in total. The maximum atomic E-state index is 12.9. The molecule has 1 aromatic carbocycles. The highest BCUT2D eigenvalue weighted by Gasteiger charge is 2.14. The lowest BCUT2D eigenvalue weighted by Gasteiger charge is -2.10. The Labute approximate surface area is 80.0 Å². The number of rotatable bonds is 2. The molecule has 0 saturated carbocycles. The van der Waals surface area contributed by atoms with Crippen LogP contribution in [-0.4, -0.2) is 5.11 Å². The van der Waals surface area contributed by atoms with Crippen molar-refractivity contribution in [3.8, 4) is 0 Å². The maximum absolute atomic E-state index is 12.9. The molecule has 1 atom stereocenters. The summed E-state index contributed by atoms with van der Waals surface area (Å²) in [7, 11) is 0. The van der Waals surface area contributed by atoms with Gasteiger partial charge in [0.1, 0.15) is 11.6 Å². The van der Waals surface area contributed by atoms with Crippen LogP contribution in [0.5, 0.6) is 0 Å². The molecule has 0 aliphatic carbocycles. The molecule has 1 N–H and O–H groups in total. The van der Waals surface area contributed by atoms with Crippen molar-refractivity contribution in [2.45, 2.75) is 19.4 Å². The minimum Gasteiger partial charge on any atom is -0.388 e. The van der Waals surface area contributed by atoms with Gasteiger partial charge in [0.25, 0.3) is 0 Å². The van der Waals surface area contributed by atoms with Gasteiger partial charge in [0.05, 0.1) is 11.1 Å². The van der Waals surface area contributed by atoms with E-state index in [2.05, 4.69) is 0 Å². The Balaban J connectivity index is 3.20. The van der Waals surface area contributed by atoms with Crippen LogP contribution < -0.4 is 0 Å². The number of hydrogen-bond donors (Lipinski definition) is 1. The van der Waals surface area contributed by atoms with Crippen LogP contribution in [0, 0.1) is 11.6 Å². The van der Waals surface area contributed by atoms with E-state index in [9.17, 15) is 13.9 Å². The van der Waals surface area contributed by atoms with E-state index in [1.165, 1.54) is 0 Å². The zero-order chi connectivity index (χ0) is 10.0. The fraction of sp³-hybridized carbons (Fsp3) is 0.333. The zero-order valence-corrected chi connectivity index (χ0v) is 7.78. The quantitative estimate of drug-likeness (QED) is 0.738. The predicted octanol–water partition coefficient (Wildman–Crippen LogP) is 3.06. The van der Waals surface area contributed by atoms with Crippen LogP contribution in [-0.2, 0) is 0 Å². The highest BCUT2D eigenvalue weighted by atomic mass is 35.5. The molecular weight excluding hydrogens is 198 g/mol. The largest absolute Gasteiger partial charge is 0.388 e. The van der Waals surface area contributed by atoms with Gasteiger partial charge in [-0.25, -0.2) is 8.78 Å². The van der Waals surface area contributed by atoms with E-state index < -0.39 is 17.7 Å². The molecule has 1 aromatic rings. The lowest BCUT2D eigenvalue weighted by atomic mass is 10.1. The summed E-state index contributed by atoms with van der Waals surface area (Å²) in [5.74, 6) is -1.58. The van der Waals surface area contributed by atoms with Crippen LogP contribution in [0.25, 0.3) is 0 Å². The molecule has 0 heterocycles. The molecular formula is C9H9ClF2O. The second-order valence-corrected chi connectivity index (χ2v) is 3.09. The van der Waals surface area contributed by atoms with E-state index in [-0.39, 0.29) is 10.6 Å². The van der Waals surface area contributed by atoms with Crippen LogP contribution in [0.1, 0.15) is 25.0 Å². The average molecular weight is 207 g/mol. The monoisotopic (exact) mass is 206 g/mol. The summed E-state index contributed by atoms with van der Waals surface area (Å²) in [4.78, 5) is 0. The van der Waals surface area contributed by atoms with E-state index in [1.54, 1.807) is 6.92 Å². The summed E-state index contributed by atoms with van der Waals surface area (Å²) in [6, 6.07) is 1.73. The molecule has 0 aliphatic heterocycles. The Morgan fingerprint density at radius 3 is 2.62 bits per heavy atom. The molecule has 0 radical (unpaired) electrons. The summed E-state index contributed by atoms with van der Waals surface area (Å²) < 4.78 is 25.5. The van der Waals surface area contributed by atoms with Gasteiger partial charge < -0.3 is 5.11 Å². The van der Waals surface area contributed by atoms with Crippen molar-refractivity contribution in [2.24, 2.45) is 0 Å². The minimum absolute atomic E-state index is 0.0988. The van der Waals surface area contributed by atoms with Crippen molar-refractivity contribution < 1.29 is 13.9 Å². The molecule has 72 valence electrons. The van der Waals surface area contributed by atoms with Crippen LogP contribution >= 0.6 is 11.6 Å². The fourth-order valence-corrected chi connectivity index (χ4v) is 1.27. The Kier molecular flexibility index (Phi) is 3.22. The smallest absolute Gasteiger partial charge is 0.145 e. The molecule has 0 aromatic heterocycles. The third kappa shape index (κ3) is 2.17. The van der Waals surface area contributed by atoms with Gasteiger partial charge in [-0.1, -0.05) is 18.5 Å². The standard InChI is InChI=1S/C9H9ClF2O/c1-2-8(13)6-3-5(11)4-7(12)9(6)10/h3-4,8,13H,2H2,1H3. The minimum atomic E-state index is -0.919. The first-order valence-corrected chi connectivity index (χ1v) is 4.26. The van der Waals surface area contributed by atoms with Crippen molar-refractivity contribution in [3.63, 3.8) is 0 Å². The van der Waals surface area contributed by atoms with Gasteiger partial charge in [-0.05, 0) is 12.5 Å². The van der Waals surface area contributed by atoms with Gasteiger partial charge >= 0.3 is 0 Å². The lowest BCUT2D eigenvalue weighted by molar-refractivity contribution is 0.173. The van der Waals surface area contributed by atoms with E-state index in [0.717, 1.165) is 6.07 Å². The van der Waals surface area contributed by atoms with Crippen LogP contribution in [0.3, 0.4) is 0 Å². The Morgan fingerprint density at radius 2 is 2.08 bits per heavy atom. The highest BCUT2D eigenvalue weighted by Crippen LogP contribution is 2.28. The number of hydrogen-bond acceptors (Lipinski definition) is 1. The third-order valence-corrected chi connectivity index (χ3v) is 2.17. The van der Waals surface area contributed by atoms with Gasteiger partial charge in [0.2, 0.25) is 0 Å². The molecule has 1 rings (SSSR count). The second-order valence-electron chi connectivity index (χ2n) is 2.71. The average Bonchev–Trinajstić information content (AvgIpc) is 2.10. The van der Waals surface area contributed by atoms with Crippen molar-refractivity contribution in [1.82, 2.24) is 0 Å². The number of aliphatic hydroxyl groups is 1. The van der Waals surface area contributed by atoms with Gasteiger partial charge in [0, 0.05) is 11.6 Å². The summed E-state index contributed by atoms with van der Waals surface area (Å²) in [6.07, 6.45) is -0.555. The zero-order valence-electron chi connectivity index (χ0n) is 7.02. The third-order valence-electron chi connectivity index (χ3n) is 1.77. The summed E-state index contributed by atoms with van der Waals surface area (Å²) in [6.45, 7) is 1.70. The van der Waals surface area contributed by atoms with Crippen molar-refractivity contribution >= 4 is 11.6 Å². The fourth-order valence-electron chi connectivity index (χ4n) is 1.04.